The van der Waals surface area contributed by atoms with Gasteiger partial charge in [-0.15, -0.1) is 0 Å². The van der Waals surface area contributed by atoms with E-state index in [4.69, 9.17) is 9.73 Å². The van der Waals surface area contributed by atoms with Crippen LogP contribution in [0.15, 0.2) is 4.99 Å². The molecule has 1 spiro atoms. The van der Waals surface area contributed by atoms with Crippen LogP contribution in [0.2, 0.25) is 0 Å². The minimum absolute atomic E-state index is 0.554. The minimum Gasteiger partial charge on any atom is -0.379 e. The van der Waals surface area contributed by atoms with Crippen molar-refractivity contribution in [3.63, 3.8) is 0 Å². The third-order valence-corrected chi connectivity index (χ3v) is 5.61. The standard InChI is InChI=1S/C14H24N2OS/c1-2-6-14(5-1)10-16-13(18-11-14)15-7-8-17-9-12-3-4-12/h12H,1-11H2,(H,15,16). The van der Waals surface area contributed by atoms with Gasteiger partial charge in [0.1, 0.15) is 0 Å². The number of hydrogen-bond acceptors (Lipinski definition) is 4. The normalized spacial score (nSPS) is 26.3. The number of nitrogens with zero attached hydrogens (tertiary/aromatic N) is 1. The van der Waals surface area contributed by atoms with Gasteiger partial charge in [0.2, 0.25) is 0 Å². The Kier molecular flexibility index (Phi) is 4.14. The predicted molar refractivity (Wildman–Crippen MR) is 77.2 cm³/mol. The highest BCUT2D eigenvalue weighted by Crippen LogP contribution is 2.43. The second kappa shape index (κ2) is 5.83. The average Bonchev–Trinajstić information content (AvgIpc) is 3.12. The van der Waals surface area contributed by atoms with Gasteiger partial charge in [-0.3, -0.25) is 4.99 Å². The molecule has 0 bridgehead atoms. The third-order valence-electron chi connectivity index (χ3n) is 4.31. The monoisotopic (exact) mass is 268 g/mol. The van der Waals surface area contributed by atoms with Gasteiger partial charge in [0.15, 0.2) is 5.17 Å². The van der Waals surface area contributed by atoms with E-state index in [1.807, 2.05) is 11.8 Å². The van der Waals surface area contributed by atoms with E-state index in [1.54, 1.807) is 0 Å². The van der Waals surface area contributed by atoms with Crippen LogP contribution in [0.4, 0.5) is 0 Å². The smallest absolute Gasteiger partial charge is 0.156 e. The van der Waals surface area contributed by atoms with Crippen LogP contribution in [0.5, 0.6) is 0 Å². The van der Waals surface area contributed by atoms with Crippen LogP contribution in [-0.4, -0.2) is 37.2 Å². The van der Waals surface area contributed by atoms with E-state index in [0.717, 1.165) is 37.4 Å². The second-order valence-electron chi connectivity index (χ2n) is 6.06. The van der Waals surface area contributed by atoms with Gasteiger partial charge in [0, 0.05) is 25.4 Å². The van der Waals surface area contributed by atoms with Crippen LogP contribution < -0.4 is 5.32 Å². The first-order valence-corrected chi connectivity index (χ1v) is 8.34. The summed E-state index contributed by atoms with van der Waals surface area (Å²) in [5, 5.41) is 4.55. The number of amidine groups is 1. The molecule has 2 saturated carbocycles. The molecule has 1 heterocycles. The summed E-state index contributed by atoms with van der Waals surface area (Å²) >= 11 is 1.92. The van der Waals surface area contributed by atoms with Gasteiger partial charge >= 0.3 is 0 Å². The number of rotatable bonds is 5. The first-order chi connectivity index (χ1) is 8.86. The van der Waals surface area contributed by atoms with Gasteiger partial charge < -0.3 is 10.1 Å². The molecule has 4 heteroatoms. The van der Waals surface area contributed by atoms with Gasteiger partial charge in [-0.1, -0.05) is 24.6 Å². The van der Waals surface area contributed by atoms with Crippen molar-refractivity contribution in [1.82, 2.24) is 5.32 Å². The lowest BCUT2D eigenvalue weighted by atomic mass is 9.89. The van der Waals surface area contributed by atoms with Gasteiger partial charge in [0.05, 0.1) is 6.61 Å². The maximum absolute atomic E-state index is 5.62. The van der Waals surface area contributed by atoms with Crippen LogP contribution in [-0.2, 0) is 4.74 Å². The van der Waals surface area contributed by atoms with Crippen LogP contribution in [0, 0.1) is 11.3 Å². The number of hydrogen-bond donors (Lipinski definition) is 1. The predicted octanol–water partition coefficient (Wildman–Crippen LogP) is 2.67. The van der Waals surface area contributed by atoms with Crippen LogP contribution in [0.3, 0.4) is 0 Å². The molecule has 2 aliphatic carbocycles. The maximum Gasteiger partial charge on any atom is 0.156 e. The van der Waals surface area contributed by atoms with E-state index in [0.29, 0.717) is 5.41 Å². The van der Waals surface area contributed by atoms with Crippen LogP contribution in [0.25, 0.3) is 0 Å². The molecule has 2 fully saturated rings. The number of aliphatic imine (C=N–C) groups is 1. The molecule has 1 aliphatic heterocycles. The van der Waals surface area contributed by atoms with Crippen LogP contribution >= 0.6 is 11.8 Å². The summed E-state index contributed by atoms with van der Waals surface area (Å²) < 4.78 is 5.62. The molecule has 1 N–H and O–H groups in total. The topological polar surface area (TPSA) is 33.6 Å². The summed E-state index contributed by atoms with van der Waals surface area (Å²) in [7, 11) is 0. The highest BCUT2D eigenvalue weighted by molar-refractivity contribution is 8.13. The molecule has 0 saturated heterocycles. The summed E-state index contributed by atoms with van der Waals surface area (Å²) in [4.78, 5) is 4.72. The fraction of sp³-hybridized carbons (Fsp3) is 0.929. The van der Waals surface area contributed by atoms with Crippen molar-refractivity contribution in [2.45, 2.75) is 38.5 Å². The fourth-order valence-corrected chi connectivity index (χ4v) is 4.03. The summed E-state index contributed by atoms with van der Waals surface area (Å²) in [6.45, 7) is 3.74. The molecule has 0 unspecified atom stereocenters. The van der Waals surface area contributed by atoms with Gasteiger partial charge in [0.25, 0.3) is 0 Å². The fourth-order valence-electron chi connectivity index (χ4n) is 2.85. The van der Waals surface area contributed by atoms with Crippen molar-refractivity contribution >= 4 is 16.9 Å². The zero-order chi connectivity index (χ0) is 12.3. The number of thioether (sulfide) groups is 1. The Morgan fingerprint density at radius 3 is 2.83 bits per heavy atom. The Balaban J connectivity index is 1.32. The Labute approximate surface area is 114 Å². The van der Waals surface area contributed by atoms with Crippen molar-refractivity contribution in [2.24, 2.45) is 16.3 Å². The first kappa shape index (κ1) is 12.8. The SMILES string of the molecule is C1CCC2(C1)CN=C(NCCOCC1CC1)SC2. The lowest BCUT2D eigenvalue weighted by Crippen LogP contribution is -2.34. The average molecular weight is 268 g/mol. The Morgan fingerprint density at radius 2 is 2.17 bits per heavy atom. The van der Waals surface area contributed by atoms with Gasteiger partial charge in [-0.2, -0.15) is 0 Å². The molecular formula is C14H24N2OS. The minimum atomic E-state index is 0.554. The van der Waals surface area contributed by atoms with E-state index in [1.165, 1.54) is 44.3 Å². The molecule has 3 nitrogen and oxygen atoms in total. The summed E-state index contributed by atoms with van der Waals surface area (Å²) in [6, 6.07) is 0. The quantitative estimate of drug-likeness (QED) is 0.778. The molecule has 3 aliphatic rings. The van der Waals surface area contributed by atoms with Gasteiger partial charge in [-0.05, 0) is 37.0 Å². The van der Waals surface area contributed by atoms with E-state index in [-0.39, 0.29) is 0 Å². The number of ether oxygens (including phenoxy) is 1. The molecule has 102 valence electrons. The molecule has 0 aromatic carbocycles. The Morgan fingerprint density at radius 1 is 1.33 bits per heavy atom. The molecule has 0 amide bonds. The largest absolute Gasteiger partial charge is 0.379 e. The van der Waals surface area contributed by atoms with Gasteiger partial charge in [-0.25, -0.2) is 0 Å². The third kappa shape index (κ3) is 3.41. The van der Waals surface area contributed by atoms with Crippen molar-refractivity contribution in [3.05, 3.63) is 0 Å². The molecule has 0 radical (unpaired) electrons. The highest BCUT2D eigenvalue weighted by atomic mass is 32.2. The molecule has 0 aromatic heterocycles. The molecule has 3 rings (SSSR count). The number of nitrogens with one attached hydrogen (secondary N) is 1. The van der Waals surface area contributed by atoms with Crippen LogP contribution in [0.1, 0.15) is 38.5 Å². The van der Waals surface area contributed by atoms with Crippen molar-refractivity contribution < 1.29 is 4.74 Å². The zero-order valence-electron chi connectivity index (χ0n) is 11.1. The maximum atomic E-state index is 5.62. The second-order valence-corrected chi connectivity index (χ2v) is 7.03. The summed E-state index contributed by atoms with van der Waals surface area (Å²) in [6.07, 6.45) is 8.35. The molecule has 0 aromatic rings. The lowest BCUT2D eigenvalue weighted by molar-refractivity contribution is 0.129. The van der Waals surface area contributed by atoms with E-state index >= 15 is 0 Å². The Bertz CT molecular complexity index is 309. The first-order valence-electron chi connectivity index (χ1n) is 7.35. The zero-order valence-corrected chi connectivity index (χ0v) is 11.9. The van der Waals surface area contributed by atoms with Crippen molar-refractivity contribution in [3.8, 4) is 0 Å². The van der Waals surface area contributed by atoms with Crippen molar-refractivity contribution in [1.29, 1.82) is 0 Å². The molecule has 0 atom stereocenters. The molecular weight excluding hydrogens is 244 g/mol. The Hall–Kier alpha value is -0.220. The highest BCUT2D eigenvalue weighted by Gasteiger charge is 2.36. The summed E-state index contributed by atoms with van der Waals surface area (Å²) in [5.41, 5.74) is 0.554. The van der Waals surface area contributed by atoms with Crippen molar-refractivity contribution in [2.75, 3.05) is 32.1 Å². The lowest BCUT2D eigenvalue weighted by Gasteiger charge is -2.31. The van der Waals surface area contributed by atoms with E-state index in [9.17, 15) is 0 Å². The van der Waals surface area contributed by atoms with E-state index < -0.39 is 0 Å². The molecule has 18 heavy (non-hydrogen) atoms. The summed E-state index contributed by atoms with van der Waals surface area (Å²) in [5.74, 6) is 2.13. The van der Waals surface area contributed by atoms with E-state index in [2.05, 4.69) is 5.32 Å².